The molecule has 0 aliphatic carbocycles. The van der Waals surface area contributed by atoms with Crippen LogP contribution in [-0.4, -0.2) is 59.9 Å². The Bertz CT molecular complexity index is 1800. The summed E-state index contributed by atoms with van der Waals surface area (Å²) in [5.41, 5.74) is 1.33. The predicted octanol–water partition coefficient (Wildman–Crippen LogP) is 4.76. The zero-order valence-corrected chi connectivity index (χ0v) is 25.9. The van der Waals surface area contributed by atoms with Crippen molar-refractivity contribution >= 4 is 27.8 Å². The summed E-state index contributed by atoms with van der Waals surface area (Å²) in [6.45, 7) is 0.0873. The van der Waals surface area contributed by atoms with E-state index in [0.29, 0.717) is 11.3 Å². The van der Waals surface area contributed by atoms with Gasteiger partial charge in [0, 0.05) is 41.8 Å². The van der Waals surface area contributed by atoms with E-state index in [0.717, 1.165) is 10.5 Å². The summed E-state index contributed by atoms with van der Waals surface area (Å²) in [6.07, 6.45) is 8.37. The molecule has 0 bridgehead atoms. The molecule has 5 aromatic rings. The third-order valence-corrected chi connectivity index (χ3v) is 7.66. The fourth-order valence-corrected chi connectivity index (χ4v) is 4.96. The topological polar surface area (TPSA) is 160 Å². The summed E-state index contributed by atoms with van der Waals surface area (Å²) in [5, 5.41) is 0. The zero-order valence-electron chi connectivity index (χ0n) is 24.3. The zero-order chi connectivity index (χ0) is 31.5. The summed E-state index contributed by atoms with van der Waals surface area (Å²) in [7, 11) is -2.67. The Balaban J connectivity index is 1.48. The van der Waals surface area contributed by atoms with Crippen molar-refractivity contribution in [3.63, 3.8) is 0 Å². The molecule has 13 nitrogen and oxygen atoms in total. The third-order valence-electron chi connectivity index (χ3n) is 5.99. The number of aromatic nitrogens is 5. The largest absolute Gasteiger partial charge is 0.493 e. The second-order valence-electron chi connectivity index (χ2n) is 9.03. The van der Waals surface area contributed by atoms with E-state index in [1.54, 1.807) is 73.3 Å². The Morgan fingerprint density at radius 1 is 0.844 bits per heavy atom. The fraction of sp³-hybridized carbons (Fsp3) is 0.167. The number of pyridine rings is 1. The maximum absolute atomic E-state index is 13.3. The van der Waals surface area contributed by atoms with Crippen LogP contribution in [0.25, 0.3) is 11.4 Å². The molecular weight excluding hydrogens is 619 g/mol. The van der Waals surface area contributed by atoms with Gasteiger partial charge in [-0.15, -0.1) is 11.8 Å². The van der Waals surface area contributed by atoms with Crippen LogP contribution >= 0.6 is 11.8 Å². The molecule has 0 radical (unpaired) electrons. The van der Waals surface area contributed by atoms with E-state index < -0.39 is 10.2 Å². The predicted molar refractivity (Wildman–Crippen MR) is 169 cm³/mol. The van der Waals surface area contributed by atoms with Crippen molar-refractivity contribution < 1.29 is 27.4 Å². The molecule has 0 aliphatic rings. The number of rotatable bonds is 15. The molecule has 0 amide bonds. The van der Waals surface area contributed by atoms with Crippen LogP contribution in [0.5, 0.6) is 29.1 Å². The SMILES string of the molecule is COc1ccccc1Oc1c(NS(=O)(=O)NCc2ccccc2)nc(-c2ccncc2)nc1OCCOc1ncc(SC)cn1. The molecule has 0 saturated carbocycles. The highest BCUT2D eigenvalue weighted by atomic mass is 32.2. The molecule has 0 fully saturated rings. The number of ether oxygens (including phenoxy) is 4. The second kappa shape index (κ2) is 15.1. The number of nitrogens with one attached hydrogen (secondary N) is 2. The Morgan fingerprint density at radius 3 is 2.24 bits per heavy atom. The number of nitrogens with zero attached hydrogens (tertiary/aromatic N) is 5. The Labute approximate surface area is 264 Å². The molecule has 2 N–H and O–H groups in total. The molecule has 2 aromatic carbocycles. The Morgan fingerprint density at radius 2 is 1.53 bits per heavy atom. The first-order valence-corrected chi connectivity index (χ1v) is 16.2. The highest BCUT2D eigenvalue weighted by Crippen LogP contribution is 2.41. The molecule has 0 aliphatic heterocycles. The van der Waals surface area contributed by atoms with E-state index >= 15 is 0 Å². The third kappa shape index (κ3) is 8.78. The van der Waals surface area contributed by atoms with Crippen LogP contribution in [0.4, 0.5) is 5.82 Å². The number of benzene rings is 2. The van der Waals surface area contributed by atoms with Gasteiger partial charge in [0.2, 0.25) is 5.75 Å². The molecule has 45 heavy (non-hydrogen) atoms. The first-order chi connectivity index (χ1) is 21.9. The van der Waals surface area contributed by atoms with E-state index in [-0.39, 0.29) is 54.8 Å². The van der Waals surface area contributed by atoms with Crippen LogP contribution in [0.15, 0.2) is 96.4 Å². The van der Waals surface area contributed by atoms with E-state index in [1.807, 2.05) is 24.5 Å². The Hall–Kier alpha value is -4.99. The van der Waals surface area contributed by atoms with E-state index in [1.165, 1.54) is 18.9 Å². The van der Waals surface area contributed by atoms with Crippen LogP contribution in [0, 0.1) is 0 Å². The molecule has 0 unspecified atom stereocenters. The number of thioether (sulfide) groups is 1. The van der Waals surface area contributed by atoms with Crippen molar-refractivity contribution in [2.45, 2.75) is 11.4 Å². The minimum absolute atomic E-state index is 0.0127. The van der Waals surface area contributed by atoms with Gasteiger partial charge < -0.3 is 18.9 Å². The molecule has 5 rings (SSSR count). The van der Waals surface area contributed by atoms with Crippen molar-refractivity contribution in [3.05, 3.63) is 97.1 Å². The maximum atomic E-state index is 13.3. The average molecular weight is 648 g/mol. The molecule has 0 atom stereocenters. The van der Waals surface area contributed by atoms with Crippen molar-refractivity contribution in [2.24, 2.45) is 0 Å². The minimum Gasteiger partial charge on any atom is -0.493 e. The summed E-state index contributed by atoms with van der Waals surface area (Å²) in [5.74, 6) is 0.523. The molecular formula is C30H29N7O6S2. The lowest BCUT2D eigenvalue weighted by atomic mass is 10.2. The lowest BCUT2D eigenvalue weighted by molar-refractivity contribution is 0.197. The van der Waals surface area contributed by atoms with E-state index in [2.05, 4.69) is 34.4 Å². The van der Waals surface area contributed by atoms with Gasteiger partial charge in [0.15, 0.2) is 23.1 Å². The van der Waals surface area contributed by atoms with Crippen LogP contribution in [-0.2, 0) is 16.8 Å². The molecule has 0 spiro atoms. The summed E-state index contributed by atoms with van der Waals surface area (Å²) >= 11 is 1.51. The molecule has 3 aromatic heterocycles. The van der Waals surface area contributed by atoms with Crippen LogP contribution in [0.1, 0.15) is 5.56 Å². The van der Waals surface area contributed by atoms with Crippen LogP contribution in [0.3, 0.4) is 0 Å². The van der Waals surface area contributed by atoms with Gasteiger partial charge in [-0.05, 0) is 36.1 Å². The van der Waals surface area contributed by atoms with Gasteiger partial charge in [0.1, 0.15) is 13.2 Å². The number of para-hydroxylation sites is 2. The molecule has 3 heterocycles. The molecule has 0 saturated heterocycles. The first kappa shape index (κ1) is 31.4. The number of anilines is 1. The fourth-order valence-electron chi connectivity index (χ4n) is 3.83. The standard InChI is InChI=1S/C30H29N7O6S2/c1-40-24-10-6-7-11-25(24)43-26-28(37-45(38,39)34-18-21-8-4-3-5-9-21)35-27(22-12-14-31-15-13-22)36-29(26)41-16-17-42-30-32-19-23(44-2)20-33-30/h3-15,19-20,34H,16-18H2,1-2H3,(H,35,36,37). The van der Waals surface area contributed by atoms with Crippen molar-refractivity contribution in [1.29, 1.82) is 0 Å². The van der Waals surface area contributed by atoms with Gasteiger partial charge in [-0.25, -0.2) is 15.0 Å². The lowest BCUT2D eigenvalue weighted by Gasteiger charge is -2.18. The average Bonchev–Trinajstić information content (AvgIpc) is 3.08. The van der Waals surface area contributed by atoms with Gasteiger partial charge in [-0.1, -0.05) is 42.5 Å². The second-order valence-corrected chi connectivity index (χ2v) is 11.4. The quantitative estimate of drug-likeness (QED) is 0.119. The van der Waals surface area contributed by atoms with Crippen molar-refractivity contribution in [1.82, 2.24) is 29.6 Å². The van der Waals surface area contributed by atoms with Crippen molar-refractivity contribution in [3.8, 4) is 40.5 Å². The van der Waals surface area contributed by atoms with Gasteiger partial charge in [0.25, 0.3) is 5.88 Å². The van der Waals surface area contributed by atoms with Crippen molar-refractivity contribution in [2.75, 3.05) is 31.3 Å². The number of hydrogen-bond acceptors (Lipinski definition) is 12. The normalized spacial score (nSPS) is 11.1. The number of methoxy groups -OCH3 is 1. The van der Waals surface area contributed by atoms with E-state index in [4.69, 9.17) is 18.9 Å². The van der Waals surface area contributed by atoms with Crippen LogP contribution < -0.4 is 28.4 Å². The number of hydrogen-bond donors (Lipinski definition) is 2. The van der Waals surface area contributed by atoms with Crippen LogP contribution in [0.2, 0.25) is 0 Å². The monoisotopic (exact) mass is 647 g/mol. The van der Waals surface area contributed by atoms with Gasteiger partial charge >= 0.3 is 16.2 Å². The lowest BCUT2D eigenvalue weighted by Crippen LogP contribution is -2.30. The first-order valence-electron chi connectivity index (χ1n) is 13.5. The molecule has 232 valence electrons. The van der Waals surface area contributed by atoms with Gasteiger partial charge in [0.05, 0.1) is 7.11 Å². The van der Waals surface area contributed by atoms with Gasteiger partial charge in [-0.2, -0.15) is 18.1 Å². The molecule has 15 heteroatoms. The summed E-state index contributed by atoms with van der Waals surface area (Å²) in [4.78, 5) is 22.4. The highest BCUT2D eigenvalue weighted by Gasteiger charge is 2.24. The summed E-state index contributed by atoms with van der Waals surface area (Å²) in [6, 6.07) is 19.5. The highest BCUT2D eigenvalue weighted by molar-refractivity contribution is 7.98. The maximum Gasteiger partial charge on any atom is 0.316 e. The minimum atomic E-state index is -4.16. The summed E-state index contributed by atoms with van der Waals surface area (Å²) < 4.78 is 54.9. The smallest absolute Gasteiger partial charge is 0.316 e. The van der Waals surface area contributed by atoms with Gasteiger partial charge in [-0.3, -0.25) is 9.71 Å². The Kier molecular flexibility index (Phi) is 10.6. The van der Waals surface area contributed by atoms with E-state index in [9.17, 15) is 8.42 Å².